The second-order valence-electron chi connectivity index (χ2n) is 9.57. The van der Waals surface area contributed by atoms with Crippen molar-refractivity contribution in [2.24, 2.45) is 0 Å². The highest BCUT2D eigenvalue weighted by Gasteiger charge is 2.29. The molecule has 3 aromatic rings. The summed E-state index contributed by atoms with van der Waals surface area (Å²) < 4.78 is 5.06. The van der Waals surface area contributed by atoms with Crippen molar-refractivity contribution in [1.29, 1.82) is 0 Å². The number of halogens is 1. The van der Waals surface area contributed by atoms with Crippen LogP contribution < -0.4 is 20.4 Å². The number of anilines is 4. The first-order valence-electron chi connectivity index (χ1n) is 12.4. The molecule has 200 valence electrons. The van der Waals surface area contributed by atoms with Crippen LogP contribution >= 0.6 is 11.6 Å². The third-order valence-corrected chi connectivity index (χ3v) is 6.79. The van der Waals surface area contributed by atoms with Crippen LogP contribution in [0.1, 0.15) is 11.1 Å². The molecule has 0 saturated carbocycles. The predicted molar refractivity (Wildman–Crippen MR) is 154 cm³/mol. The van der Waals surface area contributed by atoms with Gasteiger partial charge in [-0.15, -0.1) is 0 Å². The molecule has 10 heteroatoms. The van der Waals surface area contributed by atoms with E-state index < -0.39 is 0 Å². The number of nitrogens with zero attached hydrogens (tertiary/aromatic N) is 3. The summed E-state index contributed by atoms with van der Waals surface area (Å²) in [7, 11) is 5.44. The number of carbonyl (C=O) groups excluding carboxylic acids is 3. The van der Waals surface area contributed by atoms with Crippen LogP contribution in [0, 0.1) is 0 Å². The molecule has 3 amide bonds. The fourth-order valence-electron chi connectivity index (χ4n) is 4.54. The molecule has 0 atom stereocenters. The maximum absolute atomic E-state index is 13.2. The number of nitrogens with one attached hydrogen (secondary N) is 2. The molecular formula is C29H28ClN5O4. The summed E-state index contributed by atoms with van der Waals surface area (Å²) >= 11 is 6.17. The average Bonchev–Trinajstić information content (AvgIpc) is 3.48. The monoisotopic (exact) mass is 545 g/mol. The molecule has 2 aliphatic heterocycles. The molecule has 0 bridgehead atoms. The fraction of sp³-hybridized carbons (Fsp3) is 0.207. The number of hydrogen-bond donors (Lipinski definition) is 2. The average molecular weight is 546 g/mol. The van der Waals surface area contributed by atoms with Gasteiger partial charge in [-0.05, 0) is 68.2 Å². The van der Waals surface area contributed by atoms with E-state index in [1.54, 1.807) is 29.0 Å². The smallest absolute Gasteiger partial charge is 0.414 e. The summed E-state index contributed by atoms with van der Waals surface area (Å²) in [6.07, 6.45) is -0.380. The highest BCUT2D eigenvalue weighted by atomic mass is 35.5. The van der Waals surface area contributed by atoms with E-state index in [1.807, 2.05) is 73.6 Å². The van der Waals surface area contributed by atoms with Gasteiger partial charge in [0.25, 0.3) is 5.91 Å². The van der Waals surface area contributed by atoms with Crippen LogP contribution in [0.4, 0.5) is 27.5 Å². The lowest BCUT2D eigenvalue weighted by molar-refractivity contribution is -0.119. The van der Waals surface area contributed by atoms with Crippen LogP contribution in [-0.2, 0) is 14.3 Å². The van der Waals surface area contributed by atoms with Crippen molar-refractivity contribution in [1.82, 2.24) is 4.90 Å². The van der Waals surface area contributed by atoms with Crippen LogP contribution in [0.3, 0.4) is 0 Å². The molecule has 2 aliphatic rings. The minimum absolute atomic E-state index is 0.0246. The quantitative estimate of drug-likeness (QED) is 0.416. The van der Waals surface area contributed by atoms with Crippen LogP contribution in [0.2, 0.25) is 5.02 Å². The van der Waals surface area contributed by atoms with Crippen molar-refractivity contribution >= 4 is 63.5 Å². The maximum Gasteiger partial charge on any atom is 0.414 e. The largest absolute Gasteiger partial charge is 0.447 e. The van der Waals surface area contributed by atoms with Crippen molar-refractivity contribution in [3.05, 3.63) is 82.9 Å². The minimum Gasteiger partial charge on any atom is -0.447 e. The van der Waals surface area contributed by atoms with Crippen LogP contribution in [0.5, 0.6) is 0 Å². The van der Waals surface area contributed by atoms with Gasteiger partial charge in [0.1, 0.15) is 6.61 Å². The Balaban J connectivity index is 1.51. The van der Waals surface area contributed by atoms with Crippen LogP contribution in [-0.4, -0.2) is 63.6 Å². The van der Waals surface area contributed by atoms with Gasteiger partial charge in [0.15, 0.2) is 0 Å². The lowest BCUT2D eigenvalue weighted by atomic mass is 9.99. The van der Waals surface area contributed by atoms with Gasteiger partial charge < -0.3 is 25.2 Å². The molecular weight excluding hydrogens is 518 g/mol. The Kier molecular flexibility index (Phi) is 7.28. The molecule has 5 rings (SSSR count). The van der Waals surface area contributed by atoms with Crippen LogP contribution in [0.15, 0.2) is 66.7 Å². The molecule has 2 heterocycles. The van der Waals surface area contributed by atoms with E-state index in [4.69, 9.17) is 16.3 Å². The third-order valence-electron chi connectivity index (χ3n) is 6.55. The summed E-state index contributed by atoms with van der Waals surface area (Å²) in [5, 5.41) is 6.84. The zero-order valence-corrected chi connectivity index (χ0v) is 22.6. The summed E-state index contributed by atoms with van der Waals surface area (Å²) in [5.74, 6) is -0.281. The Morgan fingerprint density at radius 2 is 1.74 bits per heavy atom. The van der Waals surface area contributed by atoms with E-state index in [0.717, 1.165) is 22.5 Å². The molecule has 9 nitrogen and oxygen atoms in total. The van der Waals surface area contributed by atoms with Crippen LogP contribution in [0.25, 0.3) is 11.3 Å². The van der Waals surface area contributed by atoms with Gasteiger partial charge in [-0.1, -0.05) is 29.8 Å². The normalized spacial score (nSPS) is 15.7. The predicted octanol–water partition coefficient (Wildman–Crippen LogP) is 4.75. The summed E-state index contributed by atoms with van der Waals surface area (Å²) in [6, 6.07) is 20.1. The number of hydrogen-bond acceptors (Lipinski definition) is 6. The summed E-state index contributed by atoms with van der Waals surface area (Å²) in [6.45, 7) is 1.14. The number of carbonyl (C=O) groups is 3. The molecule has 39 heavy (non-hydrogen) atoms. The molecule has 0 aliphatic carbocycles. The maximum atomic E-state index is 13.2. The van der Waals surface area contributed by atoms with Crippen molar-refractivity contribution in [2.75, 3.05) is 61.3 Å². The molecule has 2 N–H and O–H groups in total. The fourth-order valence-corrected chi connectivity index (χ4v) is 4.71. The number of rotatable bonds is 7. The SMILES string of the molecule is CN(C)CC(=O)N(C)c1ccc(NC(=C2C(=O)Nc3cc(Cl)ccc32)c2ccc(N3CCOC3=O)cc2)cc1. The zero-order valence-electron chi connectivity index (χ0n) is 21.8. The third kappa shape index (κ3) is 5.45. The Labute approximate surface area is 231 Å². The van der Waals surface area contributed by atoms with Gasteiger partial charge in [-0.2, -0.15) is 0 Å². The van der Waals surface area contributed by atoms with E-state index in [-0.39, 0.29) is 17.9 Å². The van der Waals surface area contributed by atoms with E-state index in [9.17, 15) is 14.4 Å². The van der Waals surface area contributed by atoms with E-state index in [0.29, 0.717) is 47.4 Å². The highest BCUT2D eigenvalue weighted by molar-refractivity contribution is 6.38. The molecule has 1 fully saturated rings. The number of cyclic esters (lactones) is 1. The lowest BCUT2D eigenvalue weighted by Crippen LogP contribution is -2.34. The van der Waals surface area contributed by atoms with Gasteiger partial charge in [-0.3, -0.25) is 14.5 Å². The Bertz CT molecular complexity index is 1470. The topological polar surface area (TPSA) is 94.2 Å². The molecule has 3 aromatic carbocycles. The first-order chi connectivity index (χ1) is 18.7. The van der Waals surface area contributed by atoms with E-state index in [2.05, 4.69) is 10.6 Å². The van der Waals surface area contributed by atoms with Gasteiger partial charge in [0.2, 0.25) is 5.91 Å². The van der Waals surface area contributed by atoms with Crippen molar-refractivity contribution in [2.45, 2.75) is 0 Å². The molecule has 0 spiro atoms. The van der Waals surface area contributed by atoms with E-state index in [1.165, 1.54) is 0 Å². The zero-order chi connectivity index (χ0) is 27.7. The van der Waals surface area contributed by atoms with Crippen molar-refractivity contribution in [3.8, 4) is 0 Å². The van der Waals surface area contributed by atoms with Crippen molar-refractivity contribution < 1.29 is 19.1 Å². The molecule has 0 aromatic heterocycles. The second kappa shape index (κ2) is 10.8. The van der Waals surface area contributed by atoms with Gasteiger partial charge in [-0.25, -0.2) is 4.79 Å². The Morgan fingerprint density at radius 3 is 2.38 bits per heavy atom. The summed E-state index contributed by atoms with van der Waals surface area (Å²) in [4.78, 5) is 42.7. The molecule has 0 radical (unpaired) electrons. The molecule has 0 unspecified atom stereocenters. The first kappa shape index (κ1) is 26.3. The van der Waals surface area contributed by atoms with Crippen molar-refractivity contribution in [3.63, 3.8) is 0 Å². The summed E-state index contributed by atoms with van der Waals surface area (Å²) in [5.41, 5.74) is 5.37. The lowest BCUT2D eigenvalue weighted by Gasteiger charge is -2.21. The molecule has 1 saturated heterocycles. The highest BCUT2D eigenvalue weighted by Crippen LogP contribution is 2.39. The Hall–Kier alpha value is -4.34. The number of likely N-dealkylation sites (N-methyl/N-ethyl adjacent to an activating group) is 2. The van der Waals surface area contributed by atoms with Gasteiger partial charge in [0.05, 0.1) is 30.0 Å². The number of fused-ring (bicyclic) bond motifs is 1. The standard InChI is InChI=1S/C29H28ClN5O4/c1-33(2)17-25(36)34(3)21-11-7-20(8-12-21)31-27(26-23-13-6-19(30)16-24(23)32-28(26)37)18-4-9-22(10-5-18)35-14-15-39-29(35)38/h4-13,16,31H,14-15,17H2,1-3H3,(H,32,37). The number of benzene rings is 3. The number of ether oxygens (including phenoxy) is 1. The second-order valence-corrected chi connectivity index (χ2v) is 10.0. The van der Waals surface area contributed by atoms with Gasteiger partial charge in [0, 0.05) is 34.7 Å². The Morgan fingerprint density at radius 1 is 1.03 bits per heavy atom. The van der Waals surface area contributed by atoms with Gasteiger partial charge >= 0.3 is 6.09 Å². The number of amides is 3. The minimum atomic E-state index is -0.380. The first-order valence-corrected chi connectivity index (χ1v) is 12.8. The van der Waals surface area contributed by atoms with E-state index >= 15 is 0 Å².